The zero-order chi connectivity index (χ0) is 15.9. The second-order valence-corrected chi connectivity index (χ2v) is 6.02. The van der Waals surface area contributed by atoms with Crippen LogP contribution >= 0.6 is 0 Å². The van der Waals surface area contributed by atoms with Gasteiger partial charge in [-0.1, -0.05) is 0 Å². The van der Waals surface area contributed by atoms with Gasteiger partial charge in [0.1, 0.15) is 0 Å². The van der Waals surface area contributed by atoms with E-state index >= 15 is 0 Å². The Balaban J connectivity index is 0.00000264. The molecule has 2 fully saturated rings. The van der Waals surface area contributed by atoms with E-state index in [0.717, 1.165) is 65.4 Å². The Morgan fingerprint density at radius 2 is 0.870 bits per heavy atom. The molecule has 2 bridgehead atoms. The van der Waals surface area contributed by atoms with Crippen LogP contribution in [0.2, 0.25) is 0 Å². The SMILES string of the molecule is O=C(O)CN1CCN2CCN(CC1)CCN(CC(=O)O)CC2.[111In]. The first kappa shape index (κ1) is 20.7. The van der Waals surface area contributed by atoms with Crippen molar-refractivity contribution in [2.75, 3.05) is 78.5 Å². The largest absolute Gasteiger partial charge is 0.480 e. The van der Waals surface area contributed by atoms with E-state index in [0.29, 0.717) is 0 Å². The summed E-state index contributed by atoms with van der Waals surface area (Å²) in [7, 11) is 0. The minimum absolute atomic E-state index is 0. The predicted octanol–water partition coefficient (Wildman–Crippen LogP) is -1.99. The minimum atomic E-state index is -0.780. The molecule has 8 nitrogen and oxygen atoms in total. The number of carboxylic acid groups (broad SMARTS) is 2. The van der Waals surface area contributed by atoms with Gasteiger partial charge < -0.3 is 10.2 Å². The maximum atomic E-state index is 10.9. The van der Waals surface area contributed by atoms with Gasteiger partial charge >= 0.3 is 11.9 Å². The Bertz CT molecular complexity index is 347. The molecule has 9 heteroatoms. The standard InChI is InChI=1S/C14H26N4O4.In/c19-13(20)11-17-7-3-15-1-2-16(5-9-17)6-10-18(8-4-15)12-14(21)22;/h1-12H2,(H,19,20)(H,21,22);/i;1-4. The average Bonchev–Trinajstić information content (AvgIpc) is 2.58. The van der Waals surface area contributed by atoms with Crippen molar-refractivity contribution in [2.45, 2.75) is 0 Å². The molecular weight excluding hydrogens is 399 g/mol. The van der Waals surface area contributed by atoms with Crippen LogP contribution in [0.3, 0.4) is 0 Å². The van der Waals surface area contributed by atoms with Crippen molar-refractivity contribution in [1.82, 2.24) is 19.6 Å². The number of carbonyl (C=O) groups is 2. The maximum absolute atomic E-state index is 10.9. The third kappa shape index (κ3) is 7.84. The average molecular weight is 425 g/mol. The summed E-state index contributed by atoms with van der Waals surface area (Å²) in [6.45, 7) is 8.44. The molecule has 23 heavy (non-hydrogen) atoms. The van der Waals surface area contributed by atoms with Crippen LogP contribution < -0.4 is 0 Å². The molecule has 2 aliphatic heterocycles. The van der Waals surface area contributed by atoms with E-state index in [4.69, 9.17) is 10.2 Å². The Kier molecular flexibility index (Phi) is 9.45. The van der Waals surface area contributed by atoms with Gasteiger partial charge in [-0.25, -0.2) is 0 Å². The van der Waals surface area contributed by atoms with Gasteiger partial charge in [0.2, 0.25) is 0 Å². The van der Waals surface area contributed by atoms with E-state index in [9.17, 15) is 9.59 Å². The first-order valence-electron chi connectivity index (χ1n) is 7.86. The van der Waals surface area contributed by atoms with Gasteiger partial charge in [-0.3, -0.25) is 29.2 Å². The van der Waals surface area contributed by atoms with Gasteiger partial charge in [0.25, 0.3) is 0 Å². The summed E-state index contributed by atoms with van der Waals surface area (Å²) in [5, 5.41) is 18.0. The Morgan fingerprint density at radius 1 is 0.609 bits per heavy atom. The van der Waals surface area contributed by atoms with Crippen LogP contribution in [0.15, 0.2) is 0 Å². The van der Waals surface area contributed by atoms with Gasteiger partial charge in [-0.2, -0.15) is 0 Å². The number of nitrogens with zero attached hydrogens (tertiary/aromatic N) is 4. The number of hydrogen-bond donors (Lipinski definition) is 2. The molecular formula is C14H26InN4O4. The van der Waals surface area contributed by atoms with Crippen molar-refractivity contribution in [3.8, 4) is 0 Å². The summed E-state index contributed by atoms with van der Waals surface area (Å²) in [6, 6.07) is 0. The Hall–Kier alpha value is -0.350. The van der Waals surface area contributed by atoms with Crippen LogP contribution in [0, 0.1) is 0 Å². The smallest absolute Gasteiger partial charge is 0.317 e. The molecule has 0 aromatic rings. The zero-order valence-electron chi connectivity index (χ0n) is 13.6. The van der Waals surface area contributed by atoms with E-state index in [1.165, 1.54) is 0 Å². The second-order valence-electron chi connectivity index (χ2n) is 6.02. The van der Waals surface area contributed by atoms with E-state index in [1.54, 1.807) is 0 Å². The fraction of sp³-hybridized carbons (Fsp3) is 0.857. The van der Waals surface area contributed by atoms with E-state index < -0.39 is 11.9 Å². The predicted molar refractivity (Wildman–Crippen MR) is 86.8 cm³/mol. The van der Waals surface area contributed by atoms with Crippen LogP contribution in [0.4, 0.5) is 0 Å². The van der Waals surface area contributed by atoms with E-state index in [1.807, 2.05) is 9.80 Å². The molecule has 2 saturated heterocycles. The summed E-state index contributed by atoms with van der Waals surface area (Å²) in [5.74, 6) is -1.56. The van der Waals surface area contributed by atoms with Gasteiger partial charge in [0.15, 0.2) is 0 Å². The first-order chi connectivity index (χ1) is 10.5. The summed E-state index contributed by atoms with van der Waals surface area (Å²) in [6.07, 6.45) is 0. The molecule has 0 aliphatic carbocycles. The van der Waals surface area contributed by atoms with Crippen molar-refractivity contribution in [2.24, 2.45) is 0 Å². The molecule has 0 atom stereocenters. The first-order valence-corrected chi connectivity index (χ1v) is 7.86. The molecule has 2 rings (SSSR count). The van der Waals surface area contributed by atoms with Crippen LogP contribution in [0.25, 0.3) is 0 Å². The Labute approximate surface area is 155 Å². The van der Waals surface area contributed by atoms with E-state index in [2.05, 4.69) is 9.80 Å². The molecule has 3 radical (unpaired) electrons. The van der Waals surface area contributed by atoms with Gasteiger partial charge in [-0.15, -0.1) is 0 Å². The molecule has 2 heterocycles. The molecule has 0 aromatic carbocycles. The van der Waals surface area contributed by atoms with Gasteiger partial charge in [0, 0.05) is 91.3 Å². The number of fused-ring (bicyclic) bond motifs is 3. The molecule has 2 aliphatic rings. The summed E-state index contributed by atoms with van der Waals surface area (Å²) < 4.78 is 0. The number of hydrogen-bond acceptors (Lipinski definition) is 6. The topological polar surface area (TPSA) is 87.6 Å². The minimum Gasteiger partial charge on any atom is -0.480 e. The summed E-state index contributed by atoms with van der Waals surface area (Å²) in [4.78, 5) is 30.5. The Morgan fingerprint density at radius 3 is 1.13 bits per heavy atom. The molecule has 129 valence electrons. The quantitative estimate of drug-likeness (QED) is 0.536. The third-order valence-corrected chi connectivity index (χ3v) is 4.38. The van der Waals surface area contributed by atoms with Crippen LogP contribution in [0.1, 0.15) is 0 Å². The molecule has 0 spiro atoms. The monoisotopic (exact) mass is 425 g/mol. The van der Waals surface area contributed by atoms with Crippen molar-refractivity contribution < 1.29 is 19.8 Å². The number of carboxylic acids is 2. The fourth-order valence-corrected chi connectivity index (χ4v) is 3.01. The second kappa shape index (κ2) is 10.5. The summed E-state index contributed by atoms with van der Waals surface area (Å²) in [5.41, 5.74) is 0. The van der Waals surface area contributed by atoms with Crippen molar-refractivity contribution >= 4 is 37.8 Å². The number of aliphatic carboxylic acids is 2. The zero-order valence-corrected chi connectivity index (χ0v) is 16.9. The van der Waals surface area contributed by atoms with Crippen molar-refractivity contribution in [3.05, 3.63) is 0 Å². The molecule has 0 amide bonds. The summed E-state index contributed by atoms with van der Waals surface area (Å²) >= 11 is 0. The molecule has 2 N–H and O–H groups in total. The van der Waals surface area contributed by atoms with Crippen molar-refractivity contribution in [1.29, 1.82) is 0 Å². The van der Waals surface area contributed by atoms with Crippen LogP contribution in [-0.2, 0) is 9.59 Å². The van der Waals surface area contributed by atoms with Crippen LogP contribution in [-0.4, -0.2) is 146 Å². The number of rotatable bonds is 4. The maximum Gasteiger partial charge on any atom is 0.317 e. The fourth-order valence-electron chi connectivity index (χ4n) is 3.01. The van der Waals surface area contributed by atoms with Crippen LogP contribution in [0.5, 0.6) is 0 Å². The molecule has 0 unspecified atom stereocenters. The van der Waals surface area contributed by atoms with E-state index in [-0.39, 0.29) is 38.9 Å². The van der Waals surface area contributed by atoms with Crippen molar-refractivity contribution in [3.63, 3.8) is 0 Å². The third-order valence-electron chi connectivity index (χ3n) is 4.38. The van der Waals surface area contributed by atoms with Gasteiger partial charge in [0.05, 0.1) is 13.1 Å². The van der Waals surface area contributed by atoms with Gasteiger partial charge in [-0.05, 0) is 0 Å². The normalized spacial score (nSPS) is 27.5. The molecule has 0 saturated carbocycles. The molecule has 0 aromatic heterocycles.